The van der Waals surface area contributed by atoms with E-state index in [9.17, 15) is 4.79 Å². The average molecular weight is 170 g/mol. The van der Waals surface area contributed by atoms with Crippen molar-refractivity contribution in [1.82, 2.24) is 0 Å². The van der Waals surface area contributed by atoms with Crippen LogP contribution in [0.1, 0.15) is 6.42 Å². The first kappa shape index (κ1) is 8.25. The van der Waals surface area contributed by atoms with Gasteiger partial charge < -0.3 is 0 Å². The minimum atomic E-state index is 0.272. The lowest BCUT2D eigenvalue weighted by Gasteiger charge is -2.09. The molecule has 1 unspecified atom stereocenters. The molecule has 0 bridgehead atoms. The Morgan fingerprint density at radius 2 is 2.64 bits per heavy atom. The van der Waals surface area contributed by atoms with Crippen molar-refractivity contribution in [2.45, 2.75) is 6.42 Å². The monoisotopic (exact) mass is 169 g/mol. The summed E-state index contributed by atoms with van der Waals surface area (Å²) >= 11 is 5.72. The zero-order chi connectivity index (χ0) is 8.10. The van der Waals surface area contributed by atoms with Crippen LogP contribution in [0.4, 0.5) is 0 Å². The summed E-state index contributed by atoms with van der Waals surface area (Å²) in [5.74, 6) is 0.272. The molecule has 0 aromatic heterocycles. The molecule has 0 aromatic rings. The van der Waals surface area contributed by atoms with Gasteiger partial charge in [0.25, 0.3) is 0 Å². The van der Waals surface area contributed by atoms with Crippen molar-refractivity contribution in [3.63, 3.8) is 0 Å². The van der Waals surface area contributed by atoms with Gasteiger partial charge in [0.1, 0.15) is 0 Å². The lowest BCUT2D eigenvalue weighted by molar-refractivity contribution is 0.558. The Morgan fingerprint density at radius 3 is 3.27 bits per heavy atom. The predicted octanol–water partition coefficient (Wildman–Crippen LogP) is 2.02. The topological polar surface area (TPSA) is 29.4 Å². The quantitative estimate of drug-likeness (QED) is 0.460. The lowest BCUT2D eigenvalue weighted by Crippen LogP contribution is -2.02. The second-order valence-corrected chi connectivity index (χ2v) is 2.82. The molecule has 0 radical (unpaired) electrons. The summed E-state index contributed by atoms with van der Waals surface area (Å²) in [6.45, 7) is 0.490. The van der Waals surface area contributed by atoms with Crippen LogP contribution >= 0.6 is 11.6 Å². The van der Waals surface area contributed by atoms with Gasteiger partial charge >= 0.3 is 0 Å². The van der Waals surface area contributed by atoms with Crippen LogP contribution in [-0.2, 0) is 4.79 Å². The Labute approximate surface area is 70.3 Å². The number of hydrogen-bond donors (Lipinski definition) is 0. The van der Waals surface area contributed by atoms with Crippen LogP contribution < -0.4 is 0 Å². The minimum absolute atomic E-state index is 0.272. The van der Waals surface area contributed by atoms with E-state index in [0.29, 0.717) is 6.54 Å². The minimum Gasteiger partial charge on any atom is -0.211 e. The smallest absolute Gasteiger partial charge is 0.211 e. The van der Waals surface area contributed by atoms with Gasteiger partial charge in [0, 0.05) is 11.0 Å². The van der Waals surface area contributed by atoms with Gasteiger partial charge in [-0.3, -0.25) is 0 Å². The Balaban J connectivity index is 2.49. The number of aliphatic imine (C=N–C) groups is 1. The molecule has 0 aliphatic heterocycles. The van der Waals surface area contributed by atoms with Crippen LogP contribution in [-0.4, -0.2) is 12.6 Å². The van der Waals surface area contributed by atoms with E-state index in [1.807, 2.05) is 18.2 Å². The second-order valence-electron chi connectivity index (χ2n) is 2.38. The van der Waals surface area contributed by atoms with Crippen molar-refractivity contribution < 1.29 is 4.79 Å². The molecule has 1 aliphatic rings. The summed E-state index contributed by atoms with van der Waals surface area (Å²) < 4.78 is 0. The molecule has 0 saturated heterocycles. The van der Waals surface area contributed by atoms with Gasteiger partial charge in [-0.15, -0.1) is 0 Å². The molecule has 1 rings (SSSR count). The first-order chi connectivity index (χ1) is 5.33. The molecule has 11 heavy (non-hydrogen) atoms. The third-order valence-electron chi connectivity index (χ3n) is 1.50. The van der Waals surface area contributed by atoms with Crippen LogP contribution in [0.3, 0.4) is 0 Å². The average Bonchev–Trinajstić information content (AvgIpc) is 2.01. The van der Waals surface area contributed by atoms with E-state index in [-0.39, 0.29) is 5.92 Å². The molecule has 0 heterocycles. The molecule has 0 saturated carbocycles. The van der Waals surface area contributed by atoms with Crippen LogP contribution in [0.15, 0.2) is 28.3 Å². The molecule has 2 nitrogen and oxygen atoms in total. The molecule has 58 valence electrons. The fraction of sp³-hybridized carbons (Fsp3) is 0.375. The highest BCUT2D eigenvalue weighted by atomic mass is 35.5. The zero-order valence-corrected chi connectivity index (χ0v) is 6.71. The van der Waals surface area contributed by atoms with Crippen molar-refractivity contribution in [1.29, 1.82) is 0 Å². The van der Waals surface area contributed by atoms with Gasteiger partial charge in [0.2, 0.25) is 6.08 Å². The molecule has 1 atom stereocenters. The van der Waals surface area contributed by atoms with Gasteiger partial charge in [-0.05, 0) is 12.5 Å². The molecule has 0 spiro atoms. The number of hydrogen-bond acceptors (Lipinski definition) is 2. The van der Waals surface area contributed by atoms with Gasteiger partial charge in [-0.1, -0.05) is 23.8 Å². The Hall–Kier alpha value is -0.850. The van der Waals surface area contributed by atoms with E-state index in [1.54, 1.807) is 0 Å². The maximum Gasteiger partial charge on any atom is 0.234 e. The second kappa shape index (κ2) is 4.12. The number of allylic oxidation sites excluding steroid dienone is 3. The number of rotatable bonds is 2. The molecular weight excluding hydrogens is 162 g/mol. The van der Waals surface area contributed by atoms with Crippen molar-refractivity contribution in [2.24, 2.45) is 10.9 Å². The predicted molar refractivity (Wildman–Crippen MR) is 44.2 cm³/mol. The first-order valence-electron chi connectivity index (χ1n) is 3.40. The zero-order valence-electron chi connectivity index (χ0n) is 5.96. The molecule has 0 aromatic carbocycles. The maximum absolute atomic E-state index is 9.77. The fourth-order valence-electron chi connectivity index (χ4n) is 0.986. The lowest BCUT2D eigenvalue weighted by atomic mass is 10.0. The summed E-state index contributed by atoms with van der Waals surface area (Å²) in [7, 11) is 0. The summed E-state index contributed by atoms with van der Waals surface area (Å²) in [4.78, 5) is 13.3. The third-order valence-corrected chi connectivity index (χ3v) is 1.75. The van der Waals surface area contributed by atoms with E-state index in [1.165, 1.54) is 6.08 Å². The number of halogens is 1. The van der Waals surface area contributed by atoms with E-state index in [4.69, 9.17) is 11.6 Å². The molecule has 0 N–H and O–H groups in total. The van der Waals surface area contributed by atoms with Gasteiger partial charge in [-0.25, -0.2) is 9.79 Å². The first-order valence-corrected chi connectivity index (χ1v) is 3.78. The highest BCUT2D eigenvalue weighted by molar-refractivity contribution is 6.31. The Kier molecular flexibility index (Phi) is 3.09. The van der Waals surface area contributed by atoms with E-state index >= 15 is 0 Å². The van der Waals surface area contributed by atoms with Crippen LogP contribution in [0.5, 0.6) is 0 Å². The van der Waals surface area contributed by atoms with E-state index < -0.39 is 0 Å². The van der Waals surface area contributed by atoms with Gasteiger partial charge in [0.05, 0.1) is 6.54 Å². The largest absolute Gasteiger partial charge is 0.234 e. The Bertz CT molecular complexity index is 238. The number of carbonyl (C=O) groups excluding carboxylic acids is 1. The molecule has 1 aliphatic carbocycles. The van der Waals surface area contributed by atoms with Gasteiger partial charge in [0.15, 0.2) is 0 Å². The molecular formula is C8H8ClNO. The fourth-order valence-corrected chi connectivity index (χ4v) is 1.25. The van der Waals surface area contributed by atoms with Crippen LogP contribution in [0.2, 0.25) is 0 Å². The highest BCUT2D eigenvalue weighted by Crippen LogP contribution is 2.18. The van der Waals surface area contributed by atoms with Gasteiger partial charge in [-0.2, -0.15) is 0 Å². The summed E-state index contributed by atoms with van der Waals surface area (Å²) in [5, 5.41) is 0.724. The van der Waals surface area contributed by atoms with Crippen molar-refractivity contribution >= 4 is 17.7 Å². The third kappa shape index (κ3) is 2.71. The normalized spacial score (nSPS) is 22.3. The van der Waals surface area contributed by atoms with Crippen molar-refractivity contribution in [2.75, 3.05) is 6.54 Å². The number of nitrogens with zero attached hydrogens (tertiary/aromatic N) is 1. The molecule has 3 heteroatoms. The molecule has 0 amide bonds. The maximum atomic E-state index is 9.77. The molecule has 0 fully saturated rings. The highest BCUT2D eigenvalue weighted by Gasteiger charge is 2.06. The Morgan fingerprint density at radius 1 is 1.82 bits per heavy atom. The van der Waals surface area contributed by atoms with Crippen LogP contribution in [0.25, 0.3) is 0 Å². The SMILES string of the molecule is O=C=NCC1C=C(Cl)C=CC1. The van der Waals surface area contributed by atoms with E-state index in [2.05, 4.69) is 4.99 Å². The number of isocyanates is 1. The standard InChI is InChI=1S/C8H8ClNO/c9-8-3-1-2-7(4-8)5-10-6-11/h1,3-4,7H,2,5H2. The van der Waals surface area contributed by atoms with E-state index in [0.717, 1.165) is 11.5 Å². The van der Waals surface area contributed by atoms with Crippen LogP contribution in [0, 0.1) is 5.92 Å². The summed E-state index contributed by atoms with van der Waals surface area (Å²) in [6, 6.07) is 0. The summed E-state index contributed by atoms with van der Waals surface area (Å²) in [6.07, 6.45) is 8.15. The van der Waals surface area contributed by atoms with Crippen molar-refractivity contribution in [3.8, 4) is 0 Å². The van der Waals surface area contributed by atoms with Crippen molar-refractivity contribution in [3.05, 3.63) is 23.3 Å². The summed E-state index contributed by atoms with van der Waals surface area (Å²) in [5.41, 5.74) is 0.